The Kier molecular flexibility index (Phi) is 3.75. The highest BCUT2D eigenvalue weighted by Gasteiger charge is 2.01. The maximum absolute atomic E-state index is 8.72. The summed E-state index contributed by atoms with van der Waals surface area (Å²) in [4.78, 5) is 0. The van der Waals surface area contributed by atoms with Gasteiger partial charge in [0.2, 0.25) is 0 Å². The molecule has 4 N–H and O–H groups in total. The Morgan fingerprint density at radius 1 is 1.19 bits per heavy atom. The van der Waals surface area contributed by atoms with E-state index in [1.54, 1.807) is 11.3 Å². The second-order valence-corrected chi connectivity index (χ2v) is 5.66. The third-order valence-corrected chi connectivity index (χ3v) is 4.18. The van der Waals surface area contributed by atoms with E-state index in [1.165, 1.54) is 10.1 Å². The molecular formula is C16H15N3OS. The highest BCUT2D eigenvalue weighted by Crippen LogP contribution is 2.24. The van der Waals surface area contributed by atoms with Gasteiger partial charge in [-0.2, -0.15) is 0 Å². The molecule has 4 nitrogen and oxygen atoms in total. The van der Waals surface area contributed by atoms with Gasteiger partial charge in [0, 0.05) is 22.5 Å². The Balaban J connectivity index is 1.75. The van der Waals surface area contributed by atoms with Crippen molar-refractivity contribution in [2.75, 3.05) is 5.32 Å². The first-order valence-electron chi connectivity index (χ1n) is 6.54. The molecule has 0 unspecified atom stereocenters. The minimum absolute atomic E-state index is 0.122. The van der Waals surface area contributed by atoms with Crippen LogP contribution in [0.1, 0.15) is 11.1 Å². The van der Waals surface area contributed by atoms with Crippen molar-refractivity contribution in [3.63, 3.8) is 0 Å². The third-order valence-electron chi connectivity index (χ3n) is 3.28. The Morgan fingerprint density at radius 3 is 2.95 bits per heavy atom. The smallest absolute Gasteiger partial charge is 0.170 e. The quantitative estimate of drug-likeness (QED) is 0.298. The summed E-state index contributed by atoms with van der Waals surface area (Å²) in [5.41, 5.74) is 8.47. The number of nitrogens with one attached hydrogen (secondary N) is 1. The Morgan fingerprint density at radius 2 is 2.10 bits per heavy atom. The maximum atomic E-state index is 8.72. The van der Waals surface area contributed by atoms with Gasteiger partial charge < -0.3 is 16.3 Å². The fourth-order valence-electron chi connectivity index (χ4n) is 2.18. The molecule has 0 fully saturated rings. The standard InChI is InChI=1S/C16H15N3OS/c17-16(19-20)13-3-1-2-11(8-13)10-18-14-4-5-15-12(9-14)6-7-21-15/h1-9,18,20H,10H2,(H2,17,19). The summed E-state index contributed by atoms with van der Waals surface area (Å²) in [6.45, 7) is 0.683. The van der Waals surface area contributed by atoms with Crippen LogP contribution in [-0.2, 0) is 6.54 Å². The zero-order valence-corrected chi connectivity index (χ0v) is 12.1. The molecule has 3 aromatic rings. The molecule has 0 bridgehead atoms. The highest BCUT2D eigenvalue weighted by atomic mass is 32.1. The van der Waals surface area contributed by atoms with Crippen LogP contribution < -0.4 is 11.1 Å². The number of amidine groups is 1. The first-order valence-corrected chi connectivity index (χ1v) is 7.42. The number of fused-ring (bicyclic) bond motifs is 1. The van der Waals surface area contributed by atoms with Gasteiger partial charge in [0.05, 0.1) is 0 Å². The lowest BCUT2D eigenvalue weighted by molar-refractivity contribution is 0.318. The van der Waals surface area contributed by atoms with Crippen molar-refractivity contribution in [2.24, 2.45) is 10.9 Å². The first-order chi connectivity index (χ1) is 10.3. The van der Waals surface area contributed by atoms with Gasteiger partial charge in [0.25, 0.3) is 0 Å². The Labute approximate surface area is 126 Å². The first kappa shape index (κ1) is 13.5. The fourth-order valence-corrected chi connectivity index (χ4v) is 2.95. The van der Waals surface area contributed by atoms with Crippen molar-refractivity contribution in [2.45, 2.75) is 6.54 Å². The second kappa shape index (κ2) is 5.85. The molecule has 0 aliphatic heterocycles. The van der Waals surface area contributed by atoms with Crippen molar-refractivity contribution < 1.29 is 5.21 Å². The topological polar surface area (TPSA) is 70.6 Å². The summed E-state index contributed by atoms with van der Waals surface area (Å²) in [5, 5.41) is 18.5. The van der Waals surface area contributed by atoms with Crippen molar-refractivity contribution in [3.8, 4) is 0 Å². The van der Waals surface area contributed by atoms with E-state index >= 15 is 0 Å². The number of rotatable bonds is 4. The predicted octanol–water partition coefficient (Wildman–Crippen LogP) is 3.61. The van der Waals surface area contributed by atoms with Gasteiger partial charge in [0.1, 0.15) is 0 Å². The predicted molar refractivity (Wildman–Crippen MR) is 88.1 cm³/mol. The molecule has 0 atom stereocenters. The van der Waals surface area contributed by atoms with Crippen LogP contribution in [0.4, 0.5) is 5.69 Å². The summed E-state index contributed by atoms with van der Waals surface area (Å²) in [6, 6.07) is 16.1. The average Bonchev–Trinajstić information content (AvgIpc) is 3.00. The summed E-state index contributed by atoms with van der Waals surface area (Å²) in [7, 11) is 0. The van der Waals surface area contributed by atoms with Gasteiger partial charge in [-0.15, -0.1) is 11.3 Å². The van der Waals surface area contributed by atoms with E-state index in [4.69, 9.17) is 10.9 Å². The summed E-state index contributed by atoms with van der Waals surface area (Å²) >= 11 is 1.74. The van der Waals surface area contributed by atoms with Gasteiger partial charge in [-0.3, -0.25) is 0 Å². The number of nitrogens with two attached hydrogens (primary N) is 1. The van der Waals surface area contributed by atoms with Crippen molar-refractivity contribution in [3.05, 3.63) is 65.0 Å². The Bertz CT molecular complexity index is 795. The largest absolute Gasteiger partial charge is 0.409 e. The van der Waals surface area contributed by atoms with Crippen LogP contribution in [0.25, 0.3) is 10.1 Å². The van der Waals surface area contributed by atoms with Gasteiger partial charge in [0.15, 0.2) is 5.84 Å². The highest BCUT2D eigenvalue weighted by molar-refractivity contribution is 7.17. The van der Waals surface area contributed by atoms with Gasteiger partial charge >= 0.3 is 0 Å². The number of benzene rings is 2. The molecule has 0 aliphatic rings. The number of nitrogens with zero attached hydrogens (tertiary/aromatic N) is 1. The van der Waals surface area contributed by atoms with Crippen molar-refractivity contribution in [1.29, 1.82) is 0 Å². The Hall–Kier alpha value is -2.53. The molecule has 0 radical (unpaired) electrons. The van der Waals surface area contributed by atoms with E-state index in [0.717, 1.165) is 11.3 Å². The minimum Gasteiger partial charge on any atom is -0.409 e. The fraction of sp³-hybridized carbons (Fsp3) is 0.0625. The molecule has 1 aromatic heterocycles. The summed E-state index contributed by atoms with van der Waals surface area (Å²) in [6.07, 6.45) is 0. The lowest BCUT2D eigenvalue weighted by atomic mass is 10.1. The number of hydrogen-bond acceptors (Lipinski definition) is 4. The van der Waals surface area contributed by atoms with E-state index in [1.807, 2.05) is 24.3 Å². The van der Waals surface area contributed by atoms with E-state index in [0.29, 0.717) is 12.1 Å². The molecule has 0 amide bonds. The maximum Gasteiger partial charge on any atom is 0.170 e. The van der Waals surface area contributed by atoms with Crippen LogP contribution in [0.5, 0.6) is 0 Å². The van der Waals surface area contributed by atoms with Gasteiger partial charge in [-0.25, -0.2) is 0 Å². The minimum atomic E-state index is 0.122. The van der Waals surface area contributed by atoms with E-state index in [-0.39, 0.29) is 5.84 Å². The van der Waals surface area contributed by atoms with Crippen LogP contribution in [0.15, 0.2) is 59.1 Å². The molecule has 0 spiro atoms. The number of thiophene rings is 1. The number of oxime groups is 1. The van der Waals surface area contributed by atoms with Crippen LogP contribution in [0.3, 0.4) is 0 Å². The molecule has 21 heavy (non-hydrogen) atoms. The van der Waals surface area contributed by atoms with Gasteiger partial charge in [-0.1, -0.05) is 23.4 Å². The molecule has 0 saturated carbocycles. The third kappa shape index (κ3) is 2.98. The summed E-state index contributed by atoms with van der Waals surface area (Å²) in [5.74, 6) is 0.122. The molecule has 3 rings (SSSR count). The van der Waals surface area contributed by atoms with Crippen LogP contribution in [0, 0.1) is 0 Å². The van der Waals surface area contributed by atoms with Crippen LogP contribution >= 0.6 is 11.3 Å². The SMILES string of the molecule is NC(=NO)c1cccc(CNc2ccc3sccc3c2)c1. The van der Waals surface area contributed by atoms with E-state index in [2.05, 4.69) is 40.1 Å². The number of anilines is 1. The van der Waals surface area contributed by atoms with E-state index < -0.39 is 0 Å². The zero-order chi connectivity index (χ0) is 14.7. The molecule has 0 aliphatic carbocycles. The van der Waals surface area contributed by atoms with Gasteiger partial charge in [-0.05, 0) is 46.7 Å². The molecule has 5 heteroatoms. The van der Waals surface area contributed by atoms with Crippen LogP contribution in [-0.4, -0.2) is 11.0 Å². The summed E-state index contributed by atoms with van der Waals surface area (Å²) < 4.78 is 1.29. The molecule has 2 aromatic carbocycles. The average molecular weight is 297 g/mol. The van der Waals surface area contributed by atoms with Crippen LogP contribution in [0.2, 0.25) is 0 Å². The normalized spacial score (nSPS) is 11.7. The second-order valence-electron chi connectivity index (χ2n) is 4.71. The number of hydrogen-bond donors (Lipinski definition) is 3. The van der Waals surface area contributed by atoms with E-state index in [9.17, 15) is 0 Å². The molecule has 106 valence electrons. The molecule has 1 heterocycles. The lowest BCUT2D eigenvalue weighted by Gasteiger charge is -2.08. The monoisotopic (exact) mass is 297 g/mol. The molecule has 0 saturated heterocycles. The lowest BCUT2D eigenvalue weighted by Crippen LogP contribution is -2.13. The molecular weight excluding hydrogens is 282 g/mol. The van der Waals surface area contributed by atoms with Crippen molar-refractivity contribution >= 4 is 32.9 Å². The van der Waals surface area contributed by atoms with Crippen molar-refractivity contribution in [1.82, 2.24) is 0 Å². The zero-order valence-electron chi connectivity index (χ0n) is 11.3.